The van der Waals surface area contributed by atoms with Crippen molar-refractivity contribution in [3.05, 3.63) is 89.0 Å². The van der Waals surface area contributed by atoms with Gasteiger partial charge in [0.1, 0.15) is 25.0 Å². The Labute approximate surface area is 241 Å². The zero-order chi connectivity index (χ0) is 28.1. The van der Waals surface area contributed by atoms with Gasteiger partial charge < -0.3 is 19.9 Å². The van der Waals surface area contributed by atoms with Gasteiger partial charge in [0.2, 0.25) is 0 Å². The Hall–Kier alpha value is -3.80. The summed E-state index contributed by atoms with van der Waals surface area (Å²) < 4.78 is 11.6. The van der Waals surface area contributed by atoms with Crippen LogP contribution < -0.4 is 5.32 Å². The van der Waals surface area contributed by atoms with E-state index in [0.717, 1.165) is 49.7 Å². The zero-order valence-corrected chi connectivity index (χ0v) is 23.5. The molecule has 6 heteroatoms. The van der Waals surface area contributed by atoms with Crippen molar-refractivity contribution in [1.82, 2.24) is 5.32 Å². The lowest BCUT2D eigenvalue weighted by Crippen LogP contribution is -2.46. The highest BCUT2D eigenvalue weighted by molar-refractivity contribution is 5.80. The number of phenols is 1. The van der Waals surface area contributed by atoms with Crippen LogP contribution in [0.4, 0.5) is 4.79 Å². The molecular formula is C35H37NO5. The third kappa shape index (κ3) is 4.48. The molecule has 2 saturated carbocycles. The number of phenolic OH excluding ortho intramolecular Hbond substituents is 1. The fraction of sp³-hybridized carbons (Fsp3) is 0.429. The monoisotopic (exact) mass is 551 g/mol. The van der Waals surface area contributed by atoms with Crippen LogP contribution in [0.3, 0.4) is 0 Å². The highest BCUT2D eigenvalue weighted by Crippen LogP contribution is 2.61. The number of carbonyl (C=O) groups is 2. The summed E-state index contributed by atoms with van der Waals surface area (Å²) in [4.78, 5) is 25.4. The summed E-state index contributed by atoms with van der Waals surface area (Å²) >= 11 is 0. The van der Waals surface area contributed by atoms with Crippen molar-refractivity contribution in [2.24, 2.45) is 17.3 Å². The summed E-state index contributed by atoms with van der Waals surface area (Å²) in [7, 11) is 0. The van der Waals surface area contributed by atoms with Crippen molar-refractivity contribution < 1.29 is 24.2 Å². The van der Waals surface area contributed by atoms with Crippen molar-refractivity contribution in [2.75, 3.05) is 13.2 Å². The number of hydrogen-bond acceptors (Lipinski definition) is 5. The van der Waals surface area contributed by atoms with E-state index >= 15 is 0 Å². The van der Waals surface area contributed by atoms with Crippen LogP contribution in [-0.2, 0) is 20.7 Å². The molecule has 0 bridgehead atoms. The number of esters is 1. The van der Waals surface area contributed by atoms with Gasteiger partial charge in [-0.1, -0.05) is 61.5 Å². The minimum Gasteiger partial charge on any atom is -0.508 e. The van der Waals surface area contributed by atoms with E-state index in [9.17, 15) is 14.7 Å². The Balaban J connectivity index is 0.934. The third-order valence-electron chi connectivity index (χ3n) is 10.6. The van der Waals surface area contributed by atoms with Gasteiger partial charge in [-0.25, -0.2) is 4.79 Å². The molecular weight excluding hydrogens is 514 g/mol. The van der Waals surface area contributed by atoms with Gasteiger partial charge in [0.05, 0.1) is 0 Å². The van der Waals surface area contributed by atoms with Crippen LogP contribution >= 0.6 is 0 Å². The van der Waals surface area contributed by atoms with Gasteiger partial charge in [-0.05, 0) is 102 Å². The minimum atomic E-state index is -0.605. The summed E-state index contributed by atoms with van der Waals surface area (Å²) in [6.45, 7) is 2.31. The van der Waals surface area contributed by atoms with Gasteiger partial charge in [0, 0.05) is 11.3 Å². The maximum Gasteiger partial charge on any atom is 0.407 e. The SMILES string of the molecule is C[C@]12CC[C@@H]3c4ccc(O)cc4CC[C@H]3[C@@H]1CC[C@@H]2OC(=O)CNC(=O)OCC1c2ccccc2-c2ccccc21. The second kappa shape index (κ2) is 10.2. The molecule has 4 aliphatic carbocycles. The molecule has 0 aromatic heterocycles. The first kappa shape index (κ1) is 26.1. The molecule has 0 heterocycles. The van der Waals surface area contributed by atoms with E-state index in [2.05, 4.69) is 42.6 Å². The number of rotatable bonds is 5. The van der Waals surface area contributed by atoms with Gasteiger partial charge in [-0.3, -0.25) is 4.79 Å². The quantitative estimate of drug-likeness (QED) is 0.345. The number of nitrogens with one attached hydrogen (secondary N) is 1. The fourth-order valence-electron chi connectivity index (χ4n) is 8.71. The highest BCUT2D eigenvalue weighted by atomic mass is 16.6. The average molecular weight is 552 g/mol. The van der Waals surface area contributed by atoms with E-state index in [1.54, 1.807) is 0 Å². The van der Waals surface area contributed by atoms with Crippen molar-refractivity contribution in [3.8, 4) is 16.9 Å². The van der Waals surface area contributed by atoms with E-state index in [1.165, 1.54) is 22.3 Å². The largest absolute Gasteiger partial charge is 0.508 e. The first-order chi connectivity index (χ1) is 19.9. The average Bonchev–Trinajstić information content (AvgIpc) is 3.49. The summed E-state index contributed by atoms with van der Waals surface area (Å²) in [5.74, 6) is 1.52. The van der Waals surface area contributed by atoms with E-state index < -0.39 is 12.1 Å². The summed E-state index contributed by atoms with van der Waals surface area (Å²) in [5, 5.41) is 12.6. The molecule has 2 fully saturated rings. The molecule has 212 valence electrons. The second-order valence-electron chi connectivity index (χ2n) is 12.6. The van der Waals surface area contributed by atoms with E-state index in [4.69, 9.17) is 9.47 Å². The molecule has 6 nitrogen and oxygen atoms in total. The first-order valence-corrected chi connectivity index (χ1v) is 15.0. The number of carbonyl (C=O) groups excluding carboxylic acids is 2. The maximum atomic E-state index is 12.9. The van der Waals surface area contributed by atoms with Crippen LogP contribution in [0.25, 0.3) is 11.1 Å². The van der Waals surface area contributed by atoms with Gasteiger partial charge in [-0.15, -0.1) is 0 Å². The number of benzene rings is 3. The number of amides is 1. The van der Waals surface area contributed by atoms with Crippen LogP contribution in [0.2, 0.25) is 0 Å². The number of fused-ring (bicyclic) bond motifs is 8. The number of alkyl carbamates (subject to hydrolysis) is 1. The number of hydrogen-bond donors (Lipinski definition) is 2. The smallest absolute Gasteiger partial charge is 0.407 e. The highest BCUT2D eigenvalue weighted by Gasteiger charge is 2.56. The summed E-state index contributed by atoms with van der Waals surface area (Å²) in [6.07, 6.45) is 5.38. The Kier molecular flexibility index (Phi) is 6.52. The molecule has 7 rings (SSSR count). The molecule has 2 N–H and O–H groups in total. The molecule has 3 aromatic carbocycles. The minimum absolute atomic E-state index is 0.0250. The predicted molar refractivity (Wildman–Crippen MR) is 156 cm³/mol. The van der Waals surface area contributed by atoms with Crippen LogP contribution in [0.1, 0.15) is 73.1 Å². The van der Waals surface area contributed by atoms with E-state index in [1.807, 2.05) is 36.4 Å². The molecule has 41 heavy (non-hydrogen) atoms. The fourth-order valence-corrected chi connectivity index (χ4v) is 8.71. The van der Waals surface area contributed by atoms with Crippen molar-refractivity contribution >= 4 is 12.1 Å². The van der Waals surface area contributed by atoms with Gasteiger partial charge >= 0.3 is 12.1 Å². The molecule has 0 unspecified atom stereocenters. The van der Waals surface area contributed by atoms with Crippen molar-refractivity contribution in [2.45, 2.75) is 63.4 Å². The van der Waals surface area contributed by atoms with E-state index in [-0.39, 0.29) is 30.6 Å². The lowest BCUT2D eigenvalue weighted by molar-refractivity contribution is -0.156. The summed E-state index contributed by atoms with van der Waals surface area (Å²) in [5.41, 5.74) is 7.29. The molecule has 4 aliphatic rings. The van der Waals surface area contributed by atoms with Gasteiger partial charge in [0.15, 0.2) is 0 Å². The van der Waals surface area contributed by atoms with Crippen LogP contribution in [0.15, 0.2) is 66.7 Å². The maximum absolute atomic E-state index is 12.9. The van der Waals surface area contributed by atoms with Crippen molar-refractivity contribution in [1.29, 1.82) is 0 Å². The number of ether oxygens (including phenoxy) is 2. The third-order valence-corrected chi connectivity index (χ3v) is 10.6. The van der Waals surface area contributed by atoms with Crippen LogP contribution in [0.5, 0.6) is 5.75 Å². The lowest BCUT2D eigenvalue weighted by atomic mass is 9.55. The number of aryl methyl sites for hydroxylation is 1. The molecule has 0 radical (unpaired) electrons. The normalized spacial score (nSPS) is 27.5. The lowest BCUT2D eigenvalue weighted by Gasteiger charge is -2.50. The Morgan fingerprint density at radius 3 is 2.41 bits per heavy atom. The molecule has 0 aliphatic heterocycles. The zero-order valence-electron chi connectivity index (χ0n) is 23.5. The molecule has 5 atom stereocenters. The Morgan fingerprint density at radius 1 is 0.927 bits per heavy atom. The van der Waals surface area contributed by atoms with Crippen LogP contribution in [0, 0.1) is 17.3 Å². The van der Waals surface area contributed by atoms with Gasteiger partial charge in [-0.2, -0.15) is 0 Å². The topological polar surface area (TPSA) is 84.9 Å². The van der Waals surface area contributed by atoms with Crippen molar-refractivity contribution in [3.63, 3.8) is 0 Å². The second-order valence-corrected chi connectivity index (χ2v) is 12.6. The molecule has 1 amide bonds. The molecule has 0 saturated heterocycles. The first-order valence-electron chi connectivity index (χ1n) is 15.0. The van der Waals surface area contributed by atoms with E-state index in [0.29, 0.717) is 23.5 Å². The molecule has 3 aromatic rings. The predicted octanol–water partition coefficient (Wildman–Crippen LogP) is 6.70. The standard InChI is InChI=1S/C35H37NO5/c1-35-17-16-28-23-13-11-22(37)18-21(23)10-12-29(28)31(35)14-15-32(35)41-33(38)19-36-34(39)40-20-30-26-8-4-2-6-24(26)25-7-3-5-9-27(25)30/h2-9,11,13,18,28-32,37H,10,12,14-17,19-20H2,1H3,(H,36,39)/t28-,29-,31+,32+,35+/m1/s1. The Bertz CT molecular complexity index is 1450. The van der Waals surface area contributed by atoms with Gasteiger partial charge in [0.25, 0.3) is 0 Å². The van der Waals surface area contributed by atoms with Crippen LogP contribution in [-0.4, -0.2) is 36.4 Å². The Morgan fingerprint density at radius 2 is 1.66 bits per heavy atom. The number of aromatic hydroxyl groups is 1. The molecule has 0 spiro atoms. The summed E-state index contributed by atoms with van der Waals surface area (Å²) in [6, 6.07) is 22.3.